The molecule has 200 valence electrons. The van der Waals surface area contributed by atoms with Crippen LogP contribution in [-0.2, 0) is 14.4 Å². The number of amides is 3. The van der Waals surface area contributed by atoms with Crippen molar-refractivity contribution in [1.82, 2.24) is 15.6 Å². The molecule has 2 atom stereocenters. The molecule has 1 saturated carbocycles. The zero-order valence-electron chi connectivity index (χ0n) is 21.6. The van der Waals surface area contributed by atoms with Gasteiger partial charge in [0.2, 0.25) is 17.7 Å². The minimum Gasteiger partial charge on any atom is -0.478 e. The van der Waals surface area contributed by atoms with Crippen LogP contribution in [0.2, 0.25) is 0 Å². The van der Waals surface area contributed by atoms with E-state index in [1.165, 1.54) is 6.20 Å². The predicted molar refractivity (Wildman–Crippen MR) is 137 cm³/mol. The van der Waals surface area contributed by atoms with E-state index >= 15 is 0 Å². The van der Waals surface area contributed by atoms with Gasteiger partial charge < -0.3 is 32.5 Å². The van der Waals surface area contributed by atoms with Crippen molar-refractivity contribution >= 4 is 35.1 Å². The summed E-state index contributed by atoms with van der Waals surface area (Å²) in [5, 5.41) is 17.4. The SMILES string of the molecule is CC(C)C[C@H](NC(=O)[C@@H](N)C1CCCCC1)C(=O)NC(C)(C)CC(=O)Nc1cncc(C(=O)O)c1N. The largest absolute Gasteiger partial charge is 0.478 e. The number of nitrogens with one attached hydrogen (secondary N) is 3. The second-order valence-electron chi connectivity index (χ2n) is 10.7. The molecule has 0 aliphatic heterocycles. The Hall–Kier alpha value is -3.21. The van der Waals surface area contributed by atoms with Crippen LogP contribution in [0.5, 0.6) is 0 Å². The summed E-state index contributed by atoms with van der Waals surface area (Å²) in [6.07, 6.45) is 7.73. The second-order valence-corrected chi connectivity index (χ2v) is 10.7. The zero-order valence-corrected chi connectivity index (χ0v) is 21.6. The van der Waals surface area contributed by atoms with Gasteiger partial charge in [-0.15, -0.1) is 0 Å². The van der Waals surface area contributed by atoms with E-state index in [0.717, 1.165) is 38.3 Å². The maximum absolute atomic E-state index is 13.1. The highest BCUT2D eigenvalue weighted by molar-refractivity contribution is 6.01. The molecule has 3 amide bonds. The fraction of sp³-hybridized carbons (Fsp3) is 0.640. The van der Waals surface area contributed by atoms with Gasteiger partial charge >= 0.3 is 5.97 Å². The average molecular weight is 505 g/mol. The molecule has 1 fully saturated rings. The Kier molecular flexibility index (Phi) is 10.2. The minimum absolute atomic E-state index is 0.0728. The van der Waals surface area contributed by atoms with Crippen LogP contribution in [0.15, 0.2) is 12.4 Å². The second kappa shape index (κ2) is 12.7. The summed E-state index contributed by atoms with van der Waals surface area (Å²) >= 11 is 0. The van der Waals surface area contributed by atoms with Gasteiger partial charge in [0.1, 0.15) is 11.6 Å². The van der Waals surface area contributed by atoms with Gasteiger partial charge in [0.15, 0.2) is 0 Å². The molecular formula is C25H40N6O5. The molecule has 36 heavy (non-hydrogen) atoms. The molecule has 0 saturated heterocycles. The Bertz CT molecular complexity index is 958. The van der Waals surface area contributed by atoms with Gasteiger partial charge in [-0.2, -0.15) is 0 Å². The van der Waals surface area contributed by atoms with Crippen molar-refractivity contribution in [2.75, 3.05) is 11.1 Å². The number of rotatable bonds is 11. The molecule has 0 spiro atoms. The first-order valence-electron chi connectivity index (χ1n) is 12.5. The van der Waals surface area contributed by atoms with E-state index in [9.17, 15) is 24.3 Å². The van der Waals surface area contributed by atoms with Gasteiger partial charge in [-0.05, 0) is 44.9 Å². The summed E-state index contributed by atoms with van der Waals surface area (Å²) in [7, 11) is 0. The van der Waals surface area contributed by atoms with Crippen LogP contribution in [0.4, 0.5) is 11.4 Å². The number of aromatic carboxylic acids is 1. The van der Waals surface area contributed by atoms with Gasteiger partial charge in [-0.3, -0.25) is 19.4 Å². The maximum Gasteiger partial charge on any atom is 0.339 e. The quantitative estimate of drug-likeness (QED) is 0.264. The first-order chi connectivity index (χ1) is 16.8. The normalized spacial score (nSPS) is 16.2. The molecule has 1 aromatic rings. The Labute approximate surface area is 212 Å². The van der Waals surface area contributed by atoms with Crippen LogP contribution < -0.4 is 27.4 Å². The minimum atomic E-state index is -1.26. The highest BCUT2D eigenvalue weighted by Gasteiger charge is 2.32. The summed E-state index contributed by atoms with van der Waals surface area (Å²) in [5.74, 6) is -2.23. The number of carboxylic acids is 1. The molecule has 1 aromatic heterocycles. The van der Waals surface area contributed by atoms with Crippen molar-refractivity contribution in [3.63, 3.8) is 0 Å². The monoisotopic (exact) mass is 504 g/mol. The van der Waals surface area contributed by atoms with E-state index in [1.54, 1.807) is 13.8 Å². The number of nitrogens with two attached hydrogens (primary N) is 2. The molecule has 1 heterocycles. The molecule has 8 N–H and O–H groups in total. The molecule has 11 nitrogen and oxygen atoms in total. The fourth-order valence-electron chi connectivity index (χ4n) is 4.48. The van der Waals surface area contributed by atoms with Crippen molar-refractivity contribution < 1.29 is 24.3 Å². The molecular weight excluding hydrogens is 464 g/mol. The lowest BCUT2D eigenvalue weighted by atomic mass is 9.84. The van der Waals surface area contributed by atoms with E-state index < -0.39 is 35.4 Å². The number of carbonyl (C=O) groups is 4. The number of hydrogen-bond acceptors (Lipinski definition) is 7. The van der Waals surface area contributed by atoms with E-state index in [1.807, 2.05) is 13.8 Å². The highest BCUT2D eigenvalue weighted by Crippen LogP contribution is 2.26. The van der Waals surface area contributed by atoms with Crippen LogP contribution in [0, 0.1) is 11.8 Å². The van der Waals surface area contributed by atoms with Crippen molar-refractivity contribution in [3.05, 3.63) is 18.0 Å². The third-order valence-corrected chi connectivity index (χ3v) is 6.36. The number of hydrogen-bond donors (Lipinski definition) is 6. The first-order valence-corrected chi connectivity index (χ1v) is 12.5. The number of nitrogens with zero attached hydrogens (tertiary/aromatic N) is 1. The average Bonchev–Trinajstić information content (AvgIpc) is 2.78. The summed E-state index contributed by atoms with van der Waals surface area (Å²) in [5.41, 5.74) is 10.8. The van der Waals surface area contributed by atoms with Gasteiger partial charge in [0.05, 0.1) is 23.6 Å². The van der Waals surface area contributed by atoms with Gasteiger partial charge in [-0.25, -0.2) is 4.79 Å². The summed E-state index contributed by atoms with van der Waals surface area (Å²) in [6.45, 7) is 7.27. The third-order valence-electron chi connectivity index (χ3n) is 6.36. The number of anilines is 2. The third kappa shape index (κ3) is 8.47. The van der Waals surface area contributed by atoms with Crippen LogP contribution in [-0.4, -0.2) is 51.4 Å². The van der Waals surface area contributed by atoms with Crippen molar-refractivity contribution in [2.24, 2.45) is 17.6 Å². The lowest BCUT2D eigenvalue weighted by Gasteiger charge is -2.31. The van der Waals surface area contributed by atoms with E-state index in [4.69, 9.17) is 11.5 Å². The number of pyridine rings is 1. The molecule has 0 aromatic carbocycles. The maximum atomic E-state index is 13.1. The Morgan fingerprint density at radius 2 is 1.75 bits per heavy atom. The van der Waals surface area contributed by atoms with E-state index in [0.29, 0.717) is 6.42 Å². The summed E-state index contributed by atoms with van der Waals surface area (Å²) < 4.78 is 0. The molecule has 1 aliphatic rings. The molecule has 0 bridgehead atoms. The van der Waals surface area contributed by atoms with Gasteiger partial charge in [0.25, 0.3) is 0 Å². The molecule has 2 rings (SSSR count). The predicted octanol–water partition coefficient (Wildman–Crippen LogP) is 2.02. The highest BCUT2D eigenvalue weighted by atomic mass is 16.4. The Balaban J connectivity index is 2.02. The van der Waals surface area contributed by atoms with Crippen molar-refractivity contribution in [3.8, 4) is 0 Å². The Morgan fingerprint density at radius 1 is 1.11 bits per heavy atom. The molecule has 0 radical (unpaired) electrons. The van der Waals surface area contributed by atoms with Crippen LogP contribution in [0.25, 0.3) is 0 Å². The lowest BCUT2D eigenvalue weighted by molar-refractivity contribution is -0.132. The molecule has 1 aliphatic carbocycles. The van der Waals surface area contributed by atoms with Crippen molar-refractivity contribution in [1.29, 1.82) is 0 Å². The molecule has 0 unspecified atom stereocenters. The van der Waals surface area contributed by atoms with Crippen LogP contribution in [0.1, 0.15) is 83.0 Å². The lowest BCUT2D eigenvalue weighted by Crippen LogP contribution is -2.57. The van der Waals surface area contributed by atoms with E-state index in [-0.39, 0.29) is 41.1 Å². The van der Waals surface area contributed by atoms with Crippen LogP contribution >= 0.6 is 0 Å². The first kappa shape index (κ1) is 29.0. The standard InChI is InChI=1S/C25H40N6O5/c1-14(2)10-17(30-23(34)20(26)15-8-6-5-7-9-15)22(33)31-25(3,4)11-19(32)29-18-13-28-12-16(21(18)27)24(35)36/h12-15,17,20H,5-11,26H2,1-4H3,(H2,27,28)(H,29,32)(H,30,34)(H,31,33)(H,35,36)/t17-,20-/m0/s1. The summed E-state index contributed by atoms with van der Waals surface area (Å²) in [4.78, 5) is 53.7. The molecule has 11 heteroatoms. The number of carbonyl (C=O) groups excluding carboxylic acids is 3. The smallest absolute Gasteiger partial charge is 0.339 e. The number of aromatic nitrogens is 1. The topological polar surface area (TPSA) is 190 Å². The summed E-state index contributed by atoms with van der Waals surface area (Å²) in [6, 6.07) is -1.45. The van der Waals surface area contributed by atoms with Gasteiger partial charge in [0, 0.05) is 18.2 Å². The number of carboxylic acid groups (broad SMARTS) is 1. The Morgan fingerprint density at radius 3 is 2.33 bits per heavy atom. The fourth-order valence-corrected chi connectivity index (χ4v) is 4.48. The van der Waals surface area contributed by atoms with Crippen molar-refractivity contribution in [2.45, 2.75) is 90.3 Å². The van der Waals surface area contributed by atoms with E-state index in [2.05, 4.69) is 20.9 Å². The van der Waals surface area contributed by atoms with Crippen LogP contribution in [0.3, 0.4) is 0 Å². The number of nitrogen functional groups attached to an aromatic ring is 1. The van der Waals surface area contributed by atoms with Gasteiger partial charge in [-0.1, -0.05) is 33.1 Å². The zero-order chi connectivity index (χ0) is 27.0.